The second-order valence-corrected chi connectivity index (χ2v) is 7.25. The van der Waals surface area contributed by atoms with Crippen molar-refractivity contribution in [3.63, 3.8) is 0 Å². The van der Waals surface area contributed by atoms with E-state index in [2.05, 4.69) is 15.9 Å². The van der Waals surface area contributed by atoms with Gasteiger partial charge in [0.05, 0.1) is 22.8 Å². The van der Waals surface area contributed by atoms with Crippen LogP contribution in [0.1, 0.15) is 18.1 Å². The van der Waals surface area contributed by atoms with E-state index in [1.165, 1.54) is 0 Å². The fourth-order valence-electron chi connectivity index (χ4n) is 3.18. The third-order valence-corrected chi connectivity index (χ3v) is 5.21. The Kier molecular flexibility index (Phi) is 4.21. The van der Waals surface area contributed by atoms with Crippen molar-refractivity contribution in [2.75, 3.05) is 11.6 Å². The summed E-state index contributed by atoms with van der Waals surface area (Å²) in [5, 5.41) is 1.59. The number of ether oxygens (including phenoxy) is 1. The van der Waals surface area contributed by atoms with Crippen molar-refractivity contribution < 1.29 is 9.15 Å². The van der Waals surface area contributed by atoms with Crippen molar-refractivity contribution in [3.8, 4) is 5.75 Å². The van der Waals surface area contributed by atoms with Crippen molar-refractivity contribution in [1.82, 2.24) is 0 Å². The number of nitrogens with zero attached hydrogens (tertiary/aromatic N) is 1. The lowest BCUT2D eigenvalue weighted by atomic mass is 10.0. The molecule has 0 spiro atoms. The van der Waals surface area contributed by atoms with Gasteiger partial charge in [-0.25, -0.2) is 4.79 Å². The lowest BCUT2D eigenvalue weighted by molar-refractivity contribution is 0.289. The molecule has 2 heterocycles. The Balaban J connectivity index is 1.84. The third kappa shape index (κ3) is 2.92. The maximum absolute atomic E-state index is 11.9. The number of aryl methyl sites for hydroxylation is 1. The van der Waals surface area contributed by atoms with Crippen molar-refractivity contribution in [3.05, 3.63) is 67.4 Å². The van der Waals surface area contributed by atoms with Gasteiger partial charge in [-0.15, -0.1) is 0 Å². The van der Waals surface area contributed by atoms with Crippen LogP contribution < -0.4 is 15.3 Å². The average molecular weight is 421 g/mol. The van der Waals surface area contributed by atoms with Crippen molar-refractivity contribution in [2.24, 2.45) is 0 Å². The normalized spacial score (nSPS) is 13.6. The predicted octanol–water partition coefficient (Wildman–Crippen LogP) is 5.13. The van der Waals surface area contributed by atoms with Crippen LogP contribution in [0, 0.1) is 0 Å². The Morgan fingerprint density at radius 1 is 1.24 bits per heavy atom. The Bertz CT molecular complexity index is 1030. The highest BCUT2D eigenvalue weighted by Gasteiger charge is 2.23. The van der Waals surface area contributed by atoms with Gasteiger partial charge < -0.3 is 14.1 Å². The molecule has 0 N–H and O–H groups in total. The fourth-order valence-corrected chi connectivity index (χ4v) is 3.98. The van der Waals surface area contributed by atoms with E-state index in [4.69, 9.17) is 20.8 Å². The zero-order valence-electron chi connectivity index (χ0n) is 13.5. The molecule has 1 aromatic heterocycles. The summed E-state index contributed by atoms with van der Waals surface area (Å²) < 4.78 is 12.3. The zero-order chi connectivity index (χ0) is 17.6. The zero-order valence-corrected chi connectivity index (χ0v) is 15.9. The minimum absolute atomic E-state index is 0.337. The molecule has 6 heteroatoms. The maximum atomic E-state index is 11.9. The predicted molar refractivity (Wildman–Crippen MR) is 103 cm³/mol. The molecule has 0 aliphatic carbocycles. The summed E-state index contributed by atoms with van der Waals surface area (Å²) in [4.78, 5) is 14.0. The Labute approximate surface area is 158 Å². The van der Waals surface area contributed by atoms with Gasteiger partial charge in [0.2, 0.25) is 0 Å². The van der Waals surface area contributed by atoms with Crippen LogP contribution in [0.2, 0.25) is 5.02 Å². The molecule has 0 atom stereocenters. The molecule has 128 valence electrons. The van der Waals surface area contributed by atoms with Crippen molar-refractivity contribution in [2.45, 2.75) is 19.9 Å². The topological polar surface area (TPSA) is 42.7 Å². The Morgan fingerprint density at radius 2 is 2.08 bits per heavy atom. The van der Waals surface area contributed by atoms with E-state index >= 15 is 0 Å². The quantitative estimate of drug-likeness (QED) is 0.539. The first kappa shape index (κ1) is 16.5. The second kappa shape index (κ2) is 6.39. The van der Waals surface area contributed by atoms with Crippen molar-refractivity contribution >= 4 is 44.2 Å². The van der Waals surface area contributed by atoms with Crippen LogP contribution >= 0.6 is 27.5 Å². The highest BCUT2D eigenvalue weighted by Crippen LogP contribution is 2.37. The largest absolute Gasteiger partial charge is 0.473 e. The summed E-state index contributed by atoms with van der Waals surface area (Å²) in [6.07, 6.45) is 0.768. The summed E-state index contributed by atoms with van der Waals surface area (Å²) >= 11 is 9.80. The number of hydrogen-bond acceptors (Lipinski definition) is 4. The molecular weight excluding hydrogens is 406 g/mol. The first-order valence-corrected chi connectivity index (χ1v) is 9.15. The molecule has 2 aromatic carbocycles. The molecule has 0 saturated carbocycles. The third-order valence-electron chi connectivity index (χ3n) is 4.41. The first-order chi connectivity index (χ1) is 12.1. The van der Waals surface area contributed by atoms with E-state index in [0.29, 0.717) is 23.9 Å². The standard InChI is InChI=1S/C19H15BrClNO3/c1-2-11-7-18(23)25-19-13(11)4-6-17-14(19)9-22(10-24-17)16-5-3-12(20)8-15(16)21/h3-8H,2,9-10H2,1H3. The number of fused-ring (bicyclic) bond motifs is 3. The smallest absolute Gasteiger partial charge is 0.336 e. The molecule has 25 heavy (non-hydrogen) atoms. The van der Waals surface area contributed by atoms with Gasteiger partial charge in [0.1, 0.15) is 11.3 Å². The van der Waals surface area contributed by atoms with Crippen LogP contribution in [-0.4, -0.2) is 6.73 Å². The van der Waals surface area contributed by atoms with Crippen LogP contribution in [0.5, 0.6) is 5.75 Å². The Morgan fingerprint density at radius 3 is 2.84 bits per heavy atom. The number of benzene rings is 2. The van der Waals surface area contributed by atoms with E-state index in [1.807, 2.05) is 42.2 Å². The average Bonchev–Trinajstić information content (AvgIpc) is 2.60. The number of rotatable bonds is 2. The molecule has 4 rings (SSSR count). The van der Waals surface area contributed by atoms with E-state index in [-0.39, 0.29) is 5.63 Å². The highest BCUT2D eigenvalue weighted by molar-refractivity contribution is 9.10. The molecule has 1 aliphatic heterocycles. The fraction of sp³-hybridized carbons (Fsp3) is 0.211. The van der Waals surface area contributed by atoms with E-state index in [1.54, 1.807) is 6.07 Å². The van der Waals surface area contributed by atoms with Gasteiger partial charge in [-0.2, -0.15) is 0 Å². The van der Waals surface area contributed by atoms with Crippen LogP contribution in [0.15, 0.2) is 50.1 Å². The van der Waals surface area contributed by atoms with Gasteiger partial charge in [0.15, 0.2) is 6.73 Å². The summed E-state index contributed by atoms with van der Waals surface area (Å²) in [5.74, 6) is 0.744. The van der Waals surface area contributed by atoms with E-state index in [0.717, 1.165) is 38.8 Å². The summed E-state index contributed by atoms with van der Waals surface area (Å²) in [5.41, 5.74) is 2.99. The summed E-state index contributed by atoms with van der Waals surface area (Å²) in [6, 6.07) is 11.2. The molecule has 0 unspecified atom stereocenters. The first-order valence-electron chi connectivity index (χ1n) is 7.98. The molecule has 0 radical (unpaired) electrons. The monoisotopic (exact) mass is 419 g/mol. The van der Waals surface area contributed by atoms with Crippen LogP contribution in [-0.2, 0) is 13.0 Å². The minimum atomic E-state index is -0.337. The summed E-state index contributed by atoms with van der Waals surface area (Å²) in [6.45, 7) is 2.97. The Hall–Kier alpha value is -1.98. The maximum Gasteiger partial charge on any atom is 0.336 e. The molecule has 0 saturated heterocycles. The van der Waals surface area contributed by atoms with Gasteiger partial charge in [0.25, 0.3) is 0 Å². The molecular formula is C19H15BrClNO3. The van der Waals surface area contributed by atoms with Gasteiger partial charge in [-0.05, 0) is 42.3 Å². The van der Waals surface area contributed by atoms with Crippen LogP contribution in [0.4, 0.5) is 5.69 Å². The van der Waals surface area contributed by atoms with Gasteiger partial charge >= 0.3 is 5.63 Å². The summed E-state index contributed by atoms with van der Waals surface area (Å²) in [7, 11) is 0. The molecule has 0 fully saturated rings. The van der Waals surface area contributed by atoms with E-state index < -0.39 is 0 Å². The SMILES string of the molecule is CCc1cc(=O)oc2c3c(ccc12)OCN(c1ccc(Br)cc1Cl)C3. The van der Waals surface area contributed by atoms with Crippen LogP contribution in [0.3, 0.4) is 0 Å². The lowest BCUT2D eigenvalue weighted by Gasteiger charge is -2.31. The molecule has 3 aromatic rings. The van der Waals surface area contributed by atoms with Gasteiger partial charge in [0, 0.05) is 15.9 Å². The van der Waals surface area contributed by atoms with Crippen molar-refractivity contribution in [1.29, 1.82) is 0 Å². The number of halogens is 2. The molecule has 0 bridgehead atoms. The van der Waals surface area contributed by atoms with Crippen LogP contribution in [0.25, 0.3) is 11.0 Å². The highest BCUT2D eigenvalue weighted by atomic mass is 79.9. The lowest BCUT2D eigenvalue weighted by Crippen LogP contribution is -2.32. The molecule has 4 nitrogen and oxygen atoms in total. The van der Waals surface area contributed by atoms with Gasteiger partial charge in [-0.3, -0.25) is 0 Å². The number of hydrogen-bond donors (Lipinski definition) is 0. The molecule has 0 amide bonds. The number of anilines is 1. The van der Waals surface area contributed by atoms with Gasteiger partial charge in [-0.1, -0.05) is 34.5 Å². The molecule has 1 aliphatic rings. The van der Waals surface area contributed by atoms with E-state index in [9.17, 15) is 4.79 Å². The minimum Gasteiger partial charge on any atom is -0.473 e. The second-order valence-electron chi connectivity index (χ2n) is 5.93.